The van der Waals surface area contributed by atoms with Crippen molar-refractivity contribution in [3.8, 4) is 5.75 Å². The largest absolute Gasteiger partial charge is 0.491 e. The molecule has 0 spiro atoms. The number of nitrogens with zero attached hydrogens (tertiary/aromatic N) is 2. The van der Waals surface area contributed by atoms with E-state index >= 15 is 0 Å². The average Bonchev–Trinajstić information content (AvgIpc) is 3.24. The van der Waals surface area contributed by atoms with E-state index in [1.807, 2.05) is 54.8 Å². The molecule has 2 unspecified atom stereocenters. The molecule has 1 aromatic heterocycles. The summed E-state index contributed by atoms with van der Waals surface area (Å²) in [6.07, 6.45) is 0.302. The second-order valence-electron chi connectivity index (χ2n) is 9.34. The maximum atomic E-state index is 13.5. The maximum absolute atomic E-state index is 13.5. The predicted molar refractivity (Wildman–Crippen MR) is 133 cm³/mol. The highest BCUT2D eigenvalue weighted by Gasteiger charge is 2.33. The fourth-order valence-corrected chi connectivity index (χ4v) is 5.03. The van der Waals surface area contributed by atoms with E-state index in [4.69, 9.17) is 9.47 Å². The van der Waals surface area contributed by atoms with Gasteiger partial charge in [-0.1, -0.05) is 12.1 Å². The molecule has 2 heterocycles. The Balaban J connectivity index is 1.69. The number of carbonyl (C=O) groups is 1. The van der Waals surface area contributed by atoms with Crippen molar-refractivity contribution in [2.45, 2.75) is 65.3 Å². The summed E-state index contributed by atoms with van der Waals surface area (Å²) >= 11 is 1.75. The van der Waals surface area contributed by atoms with Gasteiger partial charge in [0, 0.05) is 24.0 Å². The van der Waals surface area contributed by atoms with Crippen molar-refractivity contribution in [2.24, 2.45) is 0 Å². The average molecular weight is 475 g/mol. The fraction of sp³-hybridized carbons (Fsp3) is 0.577. The van der Waals surface area contributed by atoms with Gasteiger partial charge in [0.1, 0.15) is 12.4 Å². The molecule has 0 aliphatic carbocycles. The number of benzene rings is 1. The van der Waals surface area contributed by atoms with E-state index < -0.39 is 6.10 Å². The van der Waals surface area contributed by atoms with Crippen LogP contribution in [0.1, 0.15) is 49.7 Å². The van der Waals surface area contributed by atoms with E-state index in [2.05, 4.69) is 25.3 Å². The number of amides is 1. The first-order valence-electron chi connectivity index (χ1n) is 11.8. The van der Waals surface area contributed by atoms with Crippen LogP contribution in [0.2, 0.25) is 0 Å². The highest BCUT2D eigenvalue weighted by atomic mass is 32.1. The fourth-order valence-electron chi connectivity index (χ4n) is 4.10. The maximum Gasteiger partial charge on any atom is 0.237 e. The smallest absolute Gasteiger partial charge is 0.237 e. The minimum Gasteiger partial charge on any atom is -0.491 e. The van der Waals surface area contributed by atoms with Crippen molar-refractivity contribution in [3.05, 3.63) is 51.7 Å². The van der Waals surface area contributed by atoms with E-state index in [0.717, 1.165) is 17.7 Å². The van der Waals surface area contributed by atoms with Crippen LogP contribution in [0.15, 0.2) is 35.7 Å². The summed E-state index contributed by atoms with van der Waals surface area (Å²) in [7, 11) is 0. The predicted octanol–water partition coefficient (Wildman–Crippen LogP) is 4.06. The minimum absolute atomic E-state index is 0.0652. The molecule has 6 nitrogen and oxygen atoms in total. The van der Waals surface area contributed by atoms with Crippen LogP contribution in [0, 0.1) is 6.92 Å². The summed E-state index contributed by atoms with van der Waals surface area (Å²) < 4.78 is 11.7. The van der Waals surface area contributed by atoms with Gasteiger partial charge in [-0.05, 0) is 75.7 Å². The van der Waals surface area contributed by atoms with Crippen molar-refractivity contribution in [2.75, 3.05) is 32.8 Å². The number of aliphatic hydroxyl groups excluding tert-OH is 1. The number of aliphatic hydroxyl groups is 1. The van der Waals surface area contributed by atoms with Crippen LogP contribution in [0.5, 0.6) is 5.75 Å². The lowest BCUT2D eigenvalue weighted by Gasteiger charge is -2.38. The van der Waals surface area contributed by atoms with Crippen molar-refractivity contribution in [1.82, 2.24) is 9.80 Å². The van der Waals surface area contributed by atoms with Gasteiger partial charge < -0.3 is 19.5 Å². The number of ether oxygens (including phenoxy) is 2. The molecule has 1 aliphatic heterocycles. The molecule has 1 N–H and O–H groups in total. The van der Waals surface area contributed by atoms with E-state index in [0.29, 0.717) is 19.7 Å². The number of hydrogen-bond acceptors (Lipinski definition) is 6. The molecule has 1 aromatic carbocycles. The topological polar surface area (TPSA) is 62.2 Å². The zero-order chi connectivity index (χ0) is 24.0. The molecule has 0 saturated heterocycles. The molecule has 0 bridgehead atoms. The van der Waals surface area contributed by atoms with Gasteiger partial charge in [0.15, 0.2) is 0 Å². The Labute approximate surface area is 202 Å². The van der Waals surface area contributed by atoms with Crippen LogP contribution in [-0.4, -0.2) is 71.9 Å². The number of thiophene rings is 1. The molecule has 33 heavy (non-hydrogen) atoms. The normalized spacial score (nSPS) is 17.0. The molecular formula is C26H38N2O4S. The standard InChI is InChI=1S/C26H38N2O4S/c1-18(2)27(14-21(29)16-31-19(3)4)15-26(30)28-11-9-25-23(10-12-33-25)24(28)17-32-22-8-6-7-20(5)13-22/h6-8,10,12-13,18-19,21,24,29H,9,11,14-17H2,1-5H3. The van der Waals surface area contributed by atoms with Gasteiger partial charge in [0.05, 0.1) is 31.4 Å². The van der Waals surface area contributed by atoms with Crippen molar-refractivity contribution >= 4 is 17.2 Å². The van der Waals surface area contributed by atoms with E-state index in [-0.39, 0.29) is 37.2 Å². The van der Waals surface area contributed by atoms with Crippen LogP contribution < -0.4 is 4.74 Å². The molecule has 3 rings (SSSR count). The Bertz CT molecular complexity index is 898. The summed E-state index contributed by atoms with van der Waals surface area (Å²) in [5.74, 6) is 0.886. The quantitative estimate of drug-likeness (QED) is 0.532. The minimum atomic E-state index is -0.632. The number of fused-ring (bicyclic) bond motifs is 1. The first kappa shape index (κ1) is 25.7. The first-order chi connectivity index (χ1) is 15.7. The Hall–Kier alpha value is -1.93. The highest BCUT2D eigenvalue weighted by Crippen LogP contribution is 2.34. The van der Waals surface area contributed by atoms with Gasteiger partial charge in [0.25, 0.3) is 0 Å². The van der Waals surface area contributed by atoms with Crippen LogP contribution in [0.4, 0.5) is 0 Å². The summed E-state index contributed by atoms with van der Waals surface area (Å²) in [6, 6.07) is 10.1. The third-order valence-electron chi connectivity index (χ3n) is 5.95. The lowest BCUT2D eigenvalue weighted by atomic mass is 10.00. The number of carbonyl (C=O) groups excluding carboxylic acids is 1. The van der Waals surface area contributed by atoms with Gasteiger partial charge in [-0.15, -0.1) is 11.3 Å². The van der Waals surface area contributed by atoms with Crippen molar-refractivity contribution < 1.29 is 19.4 Å². The van der Waals surface area contributed by atoms with E-state index in [1.165, 1.54) is 10.4 Å². The van der Waals surface area contributed by atoms with Crippen LogP contribution in [0.3, 0.4) is 0 Å². The Morgan fingerprint density at radius 3 is 2.76 bits per heavy atom. The number of hydrogen-bond donors (Lipinski definition) is 1. The molecule has 0 radical (unpaired) electrons. The van der Waals surface area contributed by atoms with Crippen molar-refractivity contribution in [3.63, 3.8) is 0 Å². The molecule has 2 atom stereocenters. The molecule has 2 aromatic rings. The van der Waals surface area contributed by atoms with Crippen LogP contribution >= 0.6 is 11.3 Å². The van der Waals surface area contributed by atoms with Crippen LogP contribution in [-0.2, 0) is 16.0 Å². The highest BCUT2D eigenvalue weighted by molar-refractivity contribution is 7.10. The second-order valence-corrected chi connectivity index (χ2v) is 10.3. The zero-order valence-corrected chi connectivity index (χ0v) is 21.3. The Kier molecular flexibility index (Phi) is 9.32. The Morgan fingerprint density at radius 1 is 1.27 bits per heavy atom. The molecule has 1 aliphatic rings. The second kappa shape index (κ2) is 12.0. The summed E-state index contributed by atoms with van der Waals surface area (Å²) in [5.41, 5.74) is 2.33. The lowest BCUT2D eigenvalue weighted by Crippen LogP contribution is -2.49. The Morgan fingerprint density at radius 2 is 2.06 bits per heavy atom. The molecular weight excluding hydrogens is 436 g/mol. The number of rotatable bonds is 11. The molecule has 0 fully saturated rings. The SMILES string of the molecule is Cc1cccc(OCC2c3ccsc3CCN2C(=O)CN(CC(O)COC(C)C)C(C)C)c1. The lowest BCUT2D eigenvalue weighted by molar-refractivity contribution is -0.137. The molecule has 0 saturated carbocycles. The summed E-state index contributed by atoms with van der Waals surface area (Å²) in [6.45, 7) is 12.1. The molecule has 1 amide bonds. The van der Waals surface area contributed by atoms with Gasteiger partial charge in [-0.3, -0.25) is 9.69 Å². The first-order valence-corrected chi connectivity index (χ1v) is 12.7. The summed E-state index contributed by atoms with van der Waals surface area (Å²) in [5, 5.41) is 12.5. The summed E-state index contributed by atoms with van der Waals surface area (Å²) in [4.78, 5) is 18.8. The third-order valence-corrected chi connectivity index (χ3v) is 6.94. The van der Waals surface area contributed by atoms with Gasteiger partial charge in [0.2, 0.25) is 5.91 Å². The molecule has 7 heteroatoms. The monoisotopic (exact) mass is 474 g/mol. The van der Waals surface area contributed by atoms with E-state index in [1.54, 1.807) is 11.3 Å². The number of aryl methyl sites for hydroxylation is 1. The van der Waals surface area contributed by atoms with E-state index in [9.17, 15) is 9.90 Å². The third kappa shape index (κ3) is 7.27. The van der Waals surface area contributed by atoms with Gasteiger partial charge >= 0.3 is 0 Å². The van der Waals surface area contributed by atoms with Gasteiger partial charge in [-0.25, -0.2) is 0 Å². The molecule has 182 valence electrons. The van der Waals surface area contributed by atoms with Crippen molar-refractivity contribution in [1.29, 1.82) is 0 Å². The van der Waals surface area contributed by atoms with Crippen LogP contribution in [0.25, 0.3) is 0 Å². The van der Waals surface area contributed by atoms with Gasteiger partial charge in [-0.2, -0.15) is 0 Å². The zero-order valence-electron chi connectivity index (χ0n) is 20.5.